The Kier molecular flexibility index (Phi) is 5.10. The number of carbonyl (C=O) groups is 2. The number of benzene rings is 2. The molecule has 0 fully saturated rings. The van der Waals surface area contributed by atoms with Crippen molar-refractivity contribution in [1.29, 1.82) is 0 Å². The lowest BCUT2D eigenvalue weighted by Crippen LogP contribution is -2.31. The molecule has 4 rings (SSSR count). The van der Waals surface area contributed by atoms with Gasteiger partial charge in [0.2, 0.25) is 6.79 Å². The molecule has 9 heteroatoms. The van der Waals surface area contributed by atoms with Crippen LogP contribution < -0.4 is 14.8 Å². The van der Waals surface area contributed by atoms with Gasteiger partial charge in [0, 0.05) is 0 Å². The van der Waals surface area contributed by atoms with E-state index in [1.807, 2.05) is 19.1 Å². The largest absolute Gasteiger partial charge is 0.454 e. The molecule has 29 heavy (non-hydrogen) atoms. The maximum absolute atomic E-state index is 12.2. The van der Waals surface area contributed by atoms with Crippen molar-refractivity contribution in [1.82, 2.24) is 20.1 Å². The van der Waals surface area contributed by atoms with Crippen molar-refractivity contribution in [3.05, 3.63) is 66.2 Å². The first-order chi connectivity index (χ1) is 14.1. The van der Waals surface area contributed by atoms with Gasteiger partial charge < -0.3 is 19.5 Å². The van der Waals surface area contributed by atoms with Gasteiger partial charge in [-0.25, -0.2) is 14.5 Å². The molecule has 0 spiro atoms. The van der Waals surface area contributed by atoms with Crippen LogP contribution in [-0.2, 0) is 9.53 Å². The van der Waals surface area contributed by atoms with Gasteiger partial charge in [0.1, 0.15) is 12.7 Å². The highest BCUT2D eigenvalue weighted by Crippen LogP contribution is 2.34. The van der Waals surface area contributed by atoms with Crippen LogP contribution in [0.4, 0.5) is 0 Å². The van der Waals surface area contributed by atoms with E-state index in [9.17, 15) is 9.59 Å². The summed E-state index contributed by atoms with van der Waals surface area (Å²) in [6, 6.07) is 11.8. The topological polar surface area (TPSA) is 105 Å². The molecular formula is C20H18N4O5. The van der Waals surface area contributed by atoms with Crippen LogP contribution in [0.1, 0.15) is 28.9 Å². The number of hydrogen-bond acceptors (Lipinski definition) is 7. The molecule has 148 valence electrons. The summed E-state index contributed by atoms with van der Waals surface area (Å²) in [5, 5.41) is 6.80. The summed E-state index contributed by atoms with van der Waals surface area (Å²) in [5.41, 5.74) is 1.96. The van der Waals surface area contributed by atoms with Crippen LogP contribution in [0.25, 0.3) is 5.69 Å². The van der Waals surface area contributed by atoms with E-state index < -0.39 is 11.9 Å². The Morgan fingerprint density at radius 3 is 2.72 bits per heavy atom. The number of fused-ring (bicyclic) bond motifs is 1. The first-order valence-corrected chi connectivity index (χ1v) is 8.91. The molecule has 1 amide bonds. The minimum absolute atomic E-state index is 0.190. The Morgan fingerprint density at radius 2 is 1.97 bits per heavy atom. The van der Waals surface area contributed by atoms with E-state index in [1.165, 1.54) is 6.33 Å². The second-order valence-corrected chi connectivity index (χ2v) is 6.36. The van der Waals surface area contributed by atoms with E-state index in [-0.39, 0.29) is 19.4 Å². The van der Waals surface area contributed by atoms with Gasteiger partial charge in [0.25, 0.3) is 5.91 Å². The third-order valence-corrected chi connectivity index (χ3v) is 4.39. The monoisotopic (exact) mass is 394 g/mol. The number of nitrogens with zero attached hydrogens (tertiary/aromatic N) is 3. The fourth-order valence-corrected chi connectivity index (χ4v) is 2.86. The predicted octanol–water partition coefficient (Wildman–Crippen LogP) is 2.03. The van der Waals surface area contributed by atoms with Crippen molar-refractivity contribution in [2.45, 2.75) is 13.0 Å². The van der Waals surface area contributed by atoms with Crippen LogP contribution in [0.2, 0.25) is 0 Å². The van der Waals surface area contributed by atoms with Crippen molar-refractivity contribution in [3.63, 3.8) is 0 Å². The van der Waals surface area contributed by atoms with E-state index in [0.717, 1.165) is 11.3 Å². The van der Waals surface area contributed by atoms with Crippen LogP contribution in [0.3, 0.4) is 0 Å². The molecule has 9 nitrogen and oxygen atoms in total. The summed E-state index contributed by atoms with van der Waals surface area (Å²) in [6.07, 6.45) is 2.98. The van der Waals surface area contributed by atoms with E-state index in [4.69, 9.17) is 14.2 Å². The summed E-state index contributed by atoms with van der Waals surface area (Å²) in [4.78, 5) is 28.2. The van der Waals surface area contributed by atoms with E-state index >= 15 is 0 Å². The van der Waals surface area contributed by atoms with Gasteiger partial charge in [0.05, 0.1) is 17.3 Å². The predicted molar refractivity (Wildman–Crippen MR) is 101 cm³/mol. The maximum atomic E-state index is 12.2. The Labute approximate surface area is 166 Å². The van der Waals surface area contributed by atoms with E-state index in [1.54, 1.807) is 41.3 Å². The second-order valence-electron chi connectivity index (χ2n) is 6.36. The van der Waals surface area contributed by atoms with Crippen LogP contribution in [0.5, 0.6) is 11.5 Å². The highest BCUT2D eigenvalue weighted by molar-refractivity contribution is 5.91. The Balaban J connectivity index is 1.29. The van der Waals surface area contributed by atoms with Gasteiger partial charge in [-0.05, 0) is 48.9 Å². The molecule has 3 aromatic rings. The molecule has 0 aliphatic carbocycles. The average molecular weight is 394 g/mol. The van der Waals surface area contributed by atoms with E-state index in [2.05, 4.69) is 15.4 Å². The number of ether oxygens (including phenoxy) is 3. The lowest BCUT2D eigenvalue weighted by molar-refractivity contribution is -0.124. The quantitative estimate of drug-likeness (QED) is 0.638. The molecular weight excluding hydrogens is 376 g/mol. The molecule has 0 bridgehead atoms. The minimum Gasteiger partial charge on any atom is -0.454 e. The molecule has 1 aliphatic heterocycles. The fraction of sp³-hybridized carbons (Fsp3) is 0.200. The van der Waals surface area contributed by atoms with Crippen LogP contribution >= 0.6 is 0 Å². The zero-order chi connectivity index (χ0) is 20.2. The lowest BCUT2D eigenvalue weighted by atomic mass is 10.1. The SMILES string of the molecule is C[C@@H](NC(=O)COC(=O)c1ccc(-n2cncn2)cc1)c1ccc2c(c1)OCO2. The average Bonchev–Trinajstić information content (AvgIpc) is 3.43. The summed E-state index contributed by atoms with van der Waals surface area (Å²) in [7, 11) is 0. The molecule has 1 N–H and O–H groups in total. The Bertz CT molecular complexity index is 1020. The normalized spacial score (nSPS) is 13.0. The number of esters is 1. The lowest BCUT2D eigenvalue weighted by Gasteiger charge is -2.15. The fourth-order valence-electron chi connectivity index (χ4n) is 2.86. The molecule has 1 atom stereocenters. The van der Waals surface area contributed by atoms with Gasteiger partial charge in [-0.3, -0.25) is 4.79 Å². The zero-order valence-corrected chi connectivity index (χ0v) is 15.6. The molecule has 0 radical (unpaired) electrons. The number of carbonyl (C=O) groups excluding carboxylic acids is 2. The van der Waals surface area contributed by atoms with Crippen molar-refractivity contribution in [2.24, 2.45) is 0 Å². The molecule has 0 saturated carbocycles. The van der Waals surface area contributed by atoms with Gasteiger partial charge >= 0.3 is 5.97 Å². The van der Waals surface area contributed by atoms with Gasteiger partial charge in [-0.2, -0.15) is 5.10 Å². The zero-order valence-electron chi connectivity index (χ0n) is 15.6. The minimum atomic E-state index is -0.582. The number of rotatable bonds is 6. The second kappa shape index (κ2) is 8.01. The van der Waals surface area contributed by atoms with Crippen LogP contribution in [0, 0.1) is 0 Å². The first-order valence-electron chi connectivity index (χ1n) is 8.91. The summed E-state index contributed by atoms with van der Waals surface area (Å²) >= 11 is 0. The summed E-state index contributed by atoms with van der Waals surface area (Å²) in [6.45, 7) is 1.65. The Hall–Kier alpha value is -3.88. The van der Waals surface area contributed by atoms with Gasteiger partial charge in [-0.1, -0.05) is 6.07 Å². The number of amides is 1. The summed E-state index contributed by atoms with van der Waals surface area (Å²) < 4.78 is 17.3. The first kappa shape index (κ1) is 18.5. The number of hydrogen-bond donors (Lipinski definition) is 1. The summed E-state index contributed by atoms with van der Waals surface area (Å²) in [5.74, 6) is 0.337. The van der Waals surface area contributed by atoms with Crippen molar-refractivity contribution in [2.75, 3.05) is 13.4 Å². The highest BCUT2D eigenvalue weighted by Gasteiger charge is 2.17. The molecule has 2 aromatic carbocycles. The smallest absolute Gasteiger partial charge is 0.338 e. The molecule has 0 saturated heterocycles. The molecule has 1 aromatic heterocycles. The number of aromatic nitrogens is 3. The third-order valence-electron chi connectivity index (χ3n) is 4.39. The van der Waals surface area contributed by atoms with Crippen LogP contribution in [-0.4, -0.2) is 40.0 Å². The van der Waals surface area contributed by atoms with Gasteiger partial charge in [0.15, 0.2) is 18.1 Å². The standard InChI is InChI=1S/C20H18N4O5/c1-13(15-4-7-17-18(8-15)29-12-28-17)23-19(25)9-27-20(26)14-2-5-16(6-3-14)24-11-21-10-22-24/h2-8,10-11,13H,9,12H2,1H3,(H,23,25)/t13-/m1/s1. The molecule has 0 unspecified atom stereocenters. The maximum Gasteiger partial charge on any atom is 0.338 e. The van der Waals surface area contributed by atoms with Crippen molar-refractivity contribution >= 4 is 11.9 Å². The Morgan fingerprint density at radius 1 is 1.17 bits per heavy atom. The van der Waals surface area contributed by atoms with E-state index in [0.29, 0.717) is 17.1 Å². The van der Waals surface area contributed by atoms with Crippen molar-refractivity contribution in [3.8, 4) is 17.2 Å². The molecule has 1 aliphatic rings. The van der Waals surface area contributed by atoms with Crippen LogP contribution in [0.15, 0.2) is 55.1 Å². The third kappa shape index (κ3) is 4.18. The van der Waals surface area contributed by atoms with Crippen molar-refractivity contribution < 1.29 is 23.8 Å². The highest BCUT2D eigenvalue weighted by atomic mass is 16.7. The molecule has 2 heterocycles. The number of nitrogens with one attached hydrogen (secondary N) is 1. The van der Waals surface area contributed by atoms with Gasteiger partial charge in [-0.15, -0.1) is 0 Å².